The van der Waals surface area contributed by atoms with Crippen molar-refractivity contribution in [2.45, 2.75) is 32.4 Å². The first-order chi connectivity index (χ1) is 9.54. The number of nitriles is 1. The van der Waals surface area contributed by atoms with E-state index in [2.05, 4.69) is 27.3 Å². The maximum absolute atomic E-state index is 12.0. The van der Waals surface area contributed by atoms with Gasteiger partial charge in [0.05, 0.1) is 12.5 Å². The summed E-state index contributed by atoms with van der Waals surface area (Å²) in [5, 5.41) is 11.7. The quantitative estimate of drug-likeness (QED) is 0.832. The summed E-state index contributed by atoms with van der Waals surface area (Å²) in [7, 11) is 1.81. The van der Waals surface area contributed by atoms with Gasteiger partial charge in [0.15, 0.2) is 0 Å². The van der Waals surface area contributed by atoms with Crippen LogP contribution in [0.4, 0.5) is 0 Å². The van der Waals surface area contributed by atoms with Crippen molar-refractivity contribution >= 4 is 21.8 Å². The van der Waals surface area contributed by atoms with Crippen LogP contribution in [0.3, 0.4) is 0 Å². The van der Waals surface area contributed by atoms with Crippen molar-refractivity contribution in [1.82, 2.24) is 10.2 Å². The highest BCUT2D eigenvalue weighted by molar-refractivity contribution is 9.10. The van der Waals surface area contributed by atoms with Gasteiger partial charge in [0, 0.05) is 37.1 Å². The molecule has 0 bridgehead atoms. The summed E-state index contributed by atoms with van der Waals surface area (Å²) in [6, 6.07) is 10.1. The molecular formula is C15H20BrN3O. The van der Waals surface area contributed by atoms with Crippen molar-refractivity contribution in [1.29, 1.82) is 5.26 Å². The lowest BCUT2D eigenvalue weighted by molar-refractivity contribution is -0.130. The number of nitrogens with one attached hydrogen (secondary N) is 1. The fourth-order valence-electron chi connectivity index (χ4n) is 1.80. The number of amides is 1. The van der Waals surface area contributed by atoms with Crippen LogP contribution in [0.1, 0.15) is 25.3 Å². The van der Waals surface area contributed by atoms with E-state index < -0.39 is 0 Å². The summed E-state index contributed by atoms with van der Waals surface area (Å²) in [6.07, 6.45) is 0.901. The van der Waals surface area contributed by atoms with Crippen molar-refractivity contribution < 1.29 is 4.79 Å². The molecular weight excluding hydrogens is 318 g/mol. The summed E-state index contributed by atoms with van der Waals surface area (Å²) in [6.45, 7) is 3.13. The average molecular weight is 338 g/mol. The Hall–Kier alpha value is -1.38. The van der Waals surface area contributed by atoms with Crippen LogP contribution in [0.15, 0.2) is 28.7 Å². The zero-order valence-electron chi connectivity index (χ0n) is 11.9. The molecule has 5 heteroatoms. The van der Waals surface area contributed by atoms with Gasteiger partial charge in [0.2, 0.25) is 5.91 Å². The first kappa shape index (κ1) is 16.7. The highest BCUT2D eigenvalue weighted by atomic mass is 79.9. The standard InChI is InChI=1S/C15H20BrN3O/c1-12(7-9-17)18-10-8-15(20)19(2)11-13-5-3-4-6-14(13)16/h3-6,12,18H,7-8,10-11H2,1-2H3. The Morgan fingerprint density at radius 1 is 1.50 bits per heavy atom. The molecule has 0 fully saturated rings. The Morgan fingerprint density at radius 2 is 2.20 bits per heavy atom. The van der Waals surface area contributed by atoms with E-state index in [1.54, 1.807) is 11.9 Å². The van der Waals surface area contributed by atoms with Gasteiger partial charge in [-0.1, -0.05) is 34.1 Å². The van der Waals surface area contributed by atoms with E-state index in [0.717, 1.165) is 10.0 Å². The molecule has 0 aliphatic heterocycles. The van der Waals surface area contributed by atoms with Crippen LogP contribution in [-0.4, -0.2) is 30.4 Å². The molecule has 0 aliphatic rings. The summed E-state index contributed by atoms with van der Waals surface area (Å²) in [5.41, 5.74) is 1.09. The van der Waals surface area contributed by atoms with Gasteiger partial charge in [-0.05, 0) is 18.6 Å². The Kier molecular flexibility index (Phi) is 7.27. The van der Waals surface area contributed by atoms with E-state index in [1.165, 1.54) is 0 Å². The molecule has 108 valence electrons. The van der Waals surface area contributed by atoms with E-state index in [-0.39, 0.29) is 11.9 Å². The molecule has 0 saturated heterocycles. The molecule has 0 spiro atoms. The van der Waals surface area contributed by atoms with Crippen LogP contribution in [0.25, 0.3) is 0 Å². The van der Waals surface area contributed by atoms with Crippen molar-refractivity contribution in [3.8, 4) is 6.07 Å². The maximum atomic E-state index is 12.0. The topological polar surface area (TPSA) is 56.1 Å². The van der Waals surface area contributed by atoms with Gasteiger partial charge in [-0.25, -0.2) is 0 Å². The van der Waals surface area contributed by atoms with Crippen molar-refractivity contribution in [3.63, 3.8) is 0 Å². The van der Waals surface area contributed by atoms with Gasteiger partial charge in [0.25, 0.3) is 0 Å². The highest BCUT2D eigenvalue weighted by Gasteiger charge is 2.11. The fourth-order valence-corrected chi connectivity index (χ4v) is 2.21. The van der Waals surface area contributed by atoms with Crippen LogP contribution in [-0.2, 0) is 11.3 Å². The van der Waals surface area contributed by atoms with Gasteiger partial charge in [-0.3, -0.25) is 4.79 Å². The van der Waals surface area contributed by atoms with Crippen molar-refractivity contribution in [3.05, 3.63) is 34.3 Å². The predicted molar refractivity (Wildman–Crippen MR) is 82.9 cm³/mol. The Bertz CT molecular complexity index is 484. The van der Waals surface area contributed by atoms with Gasteiger partial charge in [-0.2, -0.15) is 5.26 Å². The number of halogens is 1. The molecule has 1 rings (SSSR count). The second-order valence-corrected chi connectivity index (χ2v) is 5.66. The largest absolute Gasteiger partial charge is 0.341 e. The Labute approximate surface area is 128 Å². The molecule has 0 aromatic heterocycles. The summed E-state index contributed by atoms with van der Waals surface area (Å²) >= 11 is 3.48. The van der Waals surface area contributed by atoms with Gasteiger partial charge < -0.3 is 10.2 Å². The molecule has 0 heterocycles. The third-order valence-corrected chi connectivity index (χ3v) is 3.79. The predicted octanol–water partition coefficient (Wildman–Crippen LogP) is 2.69. The number of benzene rings is 1. The second-order valence-electron chi connectivity index (χ2n) is 4.81. The zero-order chi connectivity index (χ0) is 15.0. The molecule has 0 radical (unpaired) electrons. The van der Waals surface area contributed by atoms with E-state index in [9.17, 15) is 4.79 Å². The first-order valence-electron chi connectivity index (χ1n) is 6.62. The number of hydrogen-bond acceptors (Lipinski definition) is 3. The molecule has 1 aromatic carbocycles. The molecule has 1 atom stereocenters. The van der Waals surface area contributed by atoms with Gasteiger partial charge >= 0.3 is 0 Å². The number of carbonyl (C=O) groups excluding carboxylic acids is 1. The maximum Gasteiger partial charge on any atom is 0.223 e. The summed E-state index contributed by atoms with van der Waals surface area (Å²) in [5.74, 6) is 0.0948. The number of rotatable bonds is 7. The van der Waals surface area contributed by atoms with E-state index in [0.29, 0.717) is 25.9 Å². The Morgan fingerprint density at radius 3 is 2.85 bits per heavy atom. The molecule has 1 N–H and O–H groups in total. The Balaban J connectivity index is 2.37. The normalized spacial score (nSPS) is 11.7. The van der Waals surface area contributed by atoms with Crippen LogP contribution in [0, 0.1) is 11.3 Å². The third kappa shape index (κ3) is 5.72. The summed E-state index contributed by atoms with van der Waals surface area (Å²) in [4.78, 5) is 13.7. The van der Waals surface area contributed by atoms with Crippen LogP contribution < -0.4 is 5.32 Å². The monoisotopic (exact) mass is 337 g/mol. The average Bonchev–Trinajstić information content (AvgIpc) is 2.41. The zero-order valence-corrected chi connectivity index (χ0v) is 13.5. The highest BCUT2D eigenvalue weighted by Crippen LogP contribution is 2.17. The lowest BCUT2D eigenvalue weighted by Gasteiger charge is -2.19. The van der Waals surface area contributed by atoms with Crippen LogP contribution in [0.2, 0.25) is 0 Å². The molecule has 1 unspecified atom stereocenters. The number of nitrogens with zero attached hydrogens (tertiary/aromatic N) is 2. The first-order valence-corrected chi connectivity index (χ1v) is 7.41. The van der Waals surface area contributed by atoms with Crippen LogP contribution >= 0.6 is 15.9 Å². The van der Waals surface area contributed by atoms with Crippen molar-refractivity contribution in [2.75, 3.05) is 13.6 Å². The molecule has 0 saturated carbocycles. The van der Waals surface area contributed by atoms with Gasteiger partial charge in [0.1, 0.15) is 0 Å². The third-order valence-electron chi connectivity index (χ3n) is 3.02. The second kappa shape index (κ2) is 8.72. The lowest BCUT2D eigenvalue weighted by atomic mass is 10.2. The minimum atomic E-state index is 0.0948. The molecule has 0 aliphatic carbocycles. The smallest absolute Gasteiger partial charge is 0.223 e. The van der Waals surface area contributed by atoms with E-state index in [4.69, 9.17) is 5.26 Å². The molecule has 20 heavy (non-hydrogen) atoms. The molecule has 4 nitrogen and oxygen atoms in total. The van der Waals surface area contributed by atoms with E-state index in [1.807, 2.05) is 31.2 Å². The van der Waals surface area contributed by atoms with Crippen molar-refractivity contribution in [2.24, 2.45) is 0 Å². The van der Waals surface area contributed by atoms with Gasteiger partial charge in [-0.15, -0.1) is 0 Å². The number of carbonyl (C=O) groups is 1. The lowest BCUT2D eigenvalue weighted by Crippen LogP contribution is -2.32. The fraction of sp³-hybridized carbons (Fsp3) is 0.467. The SMILES string of the molecule is CC(CC#N)NCCC(=O)N(C)Cc1ccccc1Br. The molecule has 1 aromatic rings. The summed E-state index contributed by atoms with van der Waals surface area (Å²) < 4.78 is 1.01. The minimum absolute atomic E-state index is 0.0948. The molecule has 1 amide bonds. The number of hydrogen-bond donors (Lipinski definition) is 1. The van der Waals surface area contributed by atoms with Crippen LogP contribution in [0.5, 0.6) is 0 Å². The van der Waals surface area contributed by atoms with E-state index >= 15 is 0 Å². The minimum Gasteiger partial charge on any atom is -0.341 e.